The highest BCUT2D eigenvalue weighted by molar-refractivity contribution is 6.05. The number of hydrogen-bond donors (Lipinski definition) is 3. The van der Waals surface area contributed by atoms with Crippen LogP contribution in [0.15, 0.2) is 66.9 Å². The molecular weight excluding hydrogens is 796 g/mol. The number of ether oxygens (including phenoxy) is 1. The molecule has 318 valence electrons. The summed E-state index contributed by atoms with van der Waals surface area (Å²) in [5.41, 5.74) is 3.10. The normalized spacial score (nSPS) is 18.5. The molecule has 3 saturated heterocycles. The Morgan fingerprint density at radius 2 is 1.61 bits per heavy atom. The van der Waals surface area contributed by atoms with Gasteiger partial charge in [0.2, 0.25) is 17.8 Å². The lowest BCUT2D eigenvalue weighted by Crippen LogP contribution is -2.54. The third kappa shape index (κ3) is 8.51. The van der Waals surface area contributed by atoms with Gasteiger partial charge in [0.05, 0.1) is 18.5 Å². The molecule has 4 aromatic rings. The predicted molar refractivity (Wildman–Crippen MR) is 218 cm³/mol. The van der Waals surface area contributed by atoms with E-state index in [1.165, 1.54) is 26.2 Å². The molecule has 3 aromatic carbocycles. The Balaban J connectivity index is 0.857. The van der Waals surface area contributed by atoms with Crippen molar-refractivity contribution in [2.45, 2.75) is 57.3 Å². The lowest BCUT2D eigenvalue weighted by atomic mass is 9.88. The number of amides is 5. The van der Waals surface area contributed by atoms with E-state index in [-0.39, 0.29) is 53.2 Å². The molecule has 4 aliphatic rings. The number of rotatable bonds is 9. The van der Waals surface area contributed by atoms with Crippen LogP contribution in [0.4, 0.5) is 46.8 Å². The summed E-state index contributed by atoms with van der Waals surface area (Å²) >= 11 is 0. The Morgan fingerprint density at radius 1 is 0.869 bits per heavy atom. The van der Waals surface area contributed by atoms with Gasteiger partial charge in [-0.3, -0.25) is 24.5 Å². The van der Waals surface area contributed by atoms with Crippen LogP contribution in [0.25, 0.3) is 0 Å². The maximum absolute atomic E-state index is 14.0. The summed E-state index contributed by atoms with van der Waals surface area (Å²) in [5, 5.41) is 7.97. The maximum atomic E-state index is 14.0. The number of piperidine rings is 2. The van der Waals surface area contributed by atoms with Gasteiger partial charge in [0.15, 0.2) is 5.78 Å². The number of anilines is 5. The van der Waals surface area contributed by atoms with Gasteiger partial charge in [0.1, 0.15) is 23.2 Å². The van der Waals surface area contributed by atoms with E-state index in [4.69, 9.17) is 4.74 Å². The monoisotopic (exact) mass is 839 g/mol. The Labute approximate surface area is 349 Å². The van der Waals surface area contributed by atoms with Crippen molar-refractivity contribution in [2.75, 3.05) is 61.9 Å². The molecule has 8 rings (SSSR count). The minimum absolute atomic E-state index is 0.00940. The first-order valence-electron chi connectivity index (χ1n) is 20.1. The SMILES string of the molecule is COc1cc(N2CCN(C(=O)N3CCC(c4ccc5c(c4)CN(C4CCC(=O)NC4=O)C5=O)CC3)CC2)ccc1Nc1ncc(C(F)(F)F)c(Nc2ccccc2C(C)=O)n1. The minimum atomic E-state index is -4.77. The second-order valence-electron chi connectivity index (χ2n) is 15.5. The third-order valence-electron chi connectivity index (χ3n) is 11.8. The van der Waals surface area contributed by atoms with Gasteiger partial charge in [-0.2, -0.15) is 18.2 Å². The second kappa shape index (κ2) is 16.7. The van der Waals surface area contributed by atoms with E-state index in [2.05, 4.69) is 30.8 Å². The average molecular weight is 840 g/mol. The number of carbonyl (C=O) groups excluding carboxylic acids is 5. The van der Waals surface area contributed by atoms with Gasteiger partial charge >= 0.3 is 12.2 Å². The Morgan fingerprint density at radius 3 is 2.31 bits per heavy atom. The Hall–Kier alpha value is -6.72. The van der Waals surface area contributed by atoms with E-state index in [0.717, 1.165) is 29.7 Å². The number of halogens is 3. The third-order valence-corrected chi connectivity index (χ3v) is 11.8. The summed E-state index contributed by atoms with van der Waals surface area (Å²) in [6.07, 6.45) is -2.02. The van der Waals surface area contributed by atoms with E-state index in [0.29, 0.717) is 75.4 Å². The number of hydrogen-bond acceptors (Lipinski definition) is 11. The molecule has 1 atom stereocenters. The summed E-state index contributed by atoms with van der Waals surface area (Å²) in [7, 11) is 1.48. The second-order valence-corrected chi connectivity index (χ2v) is 15.5. The van der Waals surface area contributed by atoms with Gasteiger partial charge in [-0.1, -0.05) is 24.3 Å². The lowest BCUT2D eigenvalue weighted by Gasteiger charge is -2.40. The van der Waals surface area contributed by atoms with E-state index < -0.39 is 29.5 Å². The van der Waals surface area contributed by atoms with Crippen LogP contribution in [-0.2, 0) is 22.3 Å². The summed E-state index contributed by atoms with van der Waals surface area (Å²) in [6, 6.07) is 16.8. The molecule has 15 nitrogen and oxygen atoms in total. The van der Waals surface area contributed by atoms with E-state index in [1.807, 2.05) is 34.1 Å². The fourth-order valence-corrected chi connectivity index (χ4v) is 8.48. The van der Waals surface area contributed by atoms with E-state index in [1.54, 1.807) is 29.2 Å². The molecule has 4 aliphatic heterocycles. The number of alkyl halides is 3. The zero-order valence-electron chi connectivity index (χ0n) is 33.6. The molecule has 5 heterocycles. The summed E-state index contributed by atoms with van der Waals surface area (Å²) < 4.78 is 47.6. The molecule has 18 heteroatoms. The van der Waals surface area contributed by atoms with Gasteiger partial charge in [0, 0.05) is 81.3 Å². The number of imide groups is 1. The number of urea groups is 1. The van der Waals surface area contributed by atoms with Crippen LogP contribution in [0.1, 0.15) is 75.9 Å². The van der Waals surface area contributed by atoms with Crippen molar-refractivity contribution in [3.8, 4) is 5.75 Å². The number of carbonyl (C=O) groups is 5. The van der Waals surface area contributed by atoms with Gasteiger partial charge < -0.3 is 35.0 Å². The van der Waals surface area contributed by atoms with Crippen molar-refractivity contribution in [3.05, 3.63) is 94.7 Å². The van der Waals surface area contributed by atoms with Gasteiger partial charge in [-0.15, -0.1) is 0 Å². The lowest BCUT2D eigenvalue weighted by molar-refractivity contribution is -0.138. The highest BCUT2D eigenvalue weighted by atomic mass is 19.4. The largest absolute Gasteiger partial charge is 0.494 e. The highest BCUT2D eigenvalue weighted by Crippen LogP contribution is 2.38. The standard InChI is InChI=1S/C43H44F3N9O6/c1-25(56)30-5-3-4-6-33(30)48-38-32(43(44,45)46)23-47-41(51-38)49-34-10-8-29(22-36(34)61-2)52-17-19-54(20-18-52)42(60)53-15-13-26(14-16-53)27-7-9-31-28(21-27)24-55(40(31)59)35-11-12-37(57)50-39(35)58/h3-10,21-23,26,35H,11-20,24H2,1-2H3,(H,50,57,58)(H2,47,48,49,51). The number of ketones is 1. The number of piperazine rings is 1. The van der Waals surface area contributed by atoms with Crippen molar-refractivity contribution in [1.29, 1.82) is 0 Å². The van der Waals surface area contributed by atoms with E-state index in [9.17, 15) is 37.1 Å². The van der Waals surface area contributed by atoms with Crippen molar-refractivity contribution in [2.24, 2.45) is 0 Å². The van der Waals surface area contributed by atoms with Crippen LogP contribution in [0.2, 0.25) is 0 Å². The van der Waals surface area contributed by atoms with Crippen LogP contribution in [0, 0.1) is 0 Å². The molecule has 3 fully saturated rings. The van der Waals surface area contributed by atoms with Crippen LogP contribution in [-0.4, -0.2) is 107 Å². The fourth-order valence-electron chi connectivity index (χ4n) is 8.48. The minimum Gasteiger partial charge on any atom is -0.494 e. The first-order chi connectivity index (χ1) is 29.3. The zero-order chi connectivity index (χ0) is 43.0. The zero-order valence-corrected chi connectivity index (χ0v) is 33.6. The van der Waals surface area contributed by atoms with Crippen LogP contribution in [0.3, 0.4) is 0 Å². The predicted octanol–water partition coefficient (Wildman–Crippen LogP) is 6.08. The molecule has 0 aliphatic carbocycles. The van der Waals surface area contributed by atoms with Crippen LogP contribution < -0.4 is 25.6 Å². The number of methoxy groups -OCH3 is 1. The maximum Gasteiger partial charge on any atom is 0.421 e. The topological polar surface area (TPSA) is 169 Å². The van der Waals surface area contributed by atoms with Crippen molar-refractivity contribution >= 4 is 58.4 Å². The molecule has 1 unspecified atom stereocenters. The Bertz CT molecular complexity index is 2400. The first kappa shape index (κ1) is 41.0. The molecule has 0 radical (unpaired) electrons. The van der Waals surface area contributed by atoms with Crippen LogP contribution >= 0.6 is 0 Å². The molecule has 0 bridgehead atoms. The van der Waals surface area contributed by atoms with Gasteiger partial charge in [0.25, 0.3) is 5.91 Å². The van der Waals surface area contributed by atoms with E-state index >= 15 is 0 Å². The van der Waals surface area contributed by atoms with Crippen LogP contribution in [0.5, 0.6) is 5.75 Å². The number of nitrogens with one attached hydrogen (secondary N) is 3. The fraction of sp³-hybridized carbons (Fsp3) is 0.372. The summed E-state index contributed by atoms with van der Waals surface area (Å²) in [6.45, 7) is 4.99. The number of nitrogens with zero attached hydrogens (tertiary/aromatic N) is 6. The molecule has 1 aromatic heterocycles. The average Bonchev–Trinajstić information content (AvgIpc) is 3.58. The molecule has 5 amide bonds. The molecule has 3 N–H and O–H groups in total. The summed E-state index contributed by atoms with van der Waals surface area (Å²) in [4.78, 5) is 78.5. The highest BCUT2D eigenvalue weighted by Gasteiger charge is 2.40. The molecule has 0 spiro atoms. The number of likely N-dealkylation sites (tertiary alicyclic amines) is 1. The first-order valence-corrected chi connectivity index (χ1v) is 20.1. The number of fused-ring (bicyclic) bond motifs is 1. The van der Waals surface area contributed by atoms with Gasteiger partial charge in [-0.05, 0) is 73.6 Å². The number of benzene rings is 3. The Kier molecular flexibility index (Phi) is 11.3. The van der Waals surface area contributed by atoms with Crippen molar-refractivity contribution in [1.82, 2.24) is 30.0 Å². The van der Waals surface area contributed by atoms with Crippen molar-refractivity contribution < 1.29 is 41.9 Å². The molecular formula is C43H44F3N9O6. The quantitative estimate of drug-likeness (QED) is 0.132. The smallest absolute Gasteiger partial charge is 0.421 e. The number of para-hydroxylation sites is 1. The van der Waals surface area contributed by atoms with Gasteiger partial charge in [-0.25, -0.2) is 9.78 Å². The van der Waals surface area contributed by atoms with Crippen molar-refractivity contribution in [3.63, 3.8) is 0 Å². The summed E-state index contributed by atoms with van der Waals surface area (Å²) in [5.74, 6) is -1.30. The molecule has 0 saturated carbocycles. The molecule has 61 heavy (non-hydrogen) atoms. The number of aromatic nitrogens is 2. The number of Topliss-reactive ketones (excluding diaryl/α,β-unsaturated/α-hetero) is 1.